The van der Waals surface area contributed by atoms with Gasteiger partial charge in [0.15, 0.2) is 5.16 Å². The van der Waals surface area contributed by atoms with Gasteiger partial charge in [0.25, 0.3) is 5.69 Å². The Morgan fingerprint density at radius 1 is 1.58 bits per heavy atom. The standard InChI is InChI=1S/C10H12N6O2S/c1-15-6-12-14-10(15)19-5-7-4-8(16(17)18)2-3-9(7)13-11/h2-4,6,13H,5,11H2,1H3. The van der Waals surface area contributed by atoms with Gasteiger partial charge in [0.1, 0.15) is 6.33 Å². The Morgan fingerprint density at radius 3 is 2.95 bits per heavy atom. The minimum Gasteiger partial charge on any atom is -0.324 e. The average molecular weight is 280 g/mol. The van der Waals surface area contributed by atoms with Gasteiger partial charge in [-0.3, -0.25) is 16.0 Å². The molecule has 0 radical (unpaired) electrons. The van der Waals surface area contributed by atoms with Gasteiger partial charge in [0.05, 0.1) is 10.6 Å². The number of rotatable bonds is 5. The first-order chi connectivity index (χ1) is 9.11. The molecule has 0 aliphatic heterocycles. The van der Waals surface area contributed by atoms with Gasteiger partial charge in [0.2, 0.25) is 0 Å². The monoisotopic (exact) mass is 280 g/mol. The second-order valence-corrected chi connectivity index (χ2v) is 4.70. The van der Waals surface area contributed by atoms with Crippen LogP contribution in [0.2, 0.25) is 0 Å². The zero-order valence-electron chi connectivity index (χ0n) is 10.1. The van der Waals surface area contributed by atoms with Gasteiger partial charge in [-0.25, -0.2) is 0 Å². The Balaban J connectivity index is 2.20. The van der Waals surface area contributed by atoms with Crippen LogP contribution in [0, 0.1) is 10.1 Å². The van der Waals surface area contributed by atoms with Crippen LogP contribution in [-0.4, -0.2) is 19.7 Å². The summed E-state index contributed by atoms with van der Waals surface area (Å²) < 4.78 is 1.78. The van der Waals surface area contributed by atoms with Crippen molar-refractivity contribution in [1.82, 2.24) is 14.8 Å². The first-order valence-electron chi connectivity index (χ1n) is 5.32. The minimum atomic E-state index is -0.434. The number of non-ortho nitro benzene ring substituents is 1. The lowest BCUT2D eigenvalue weighted by Crippen LogP contribution is -2.09. The highest BCUT2D eigenvalue weighted by atomic mass is 32.2. The van der Waals surface area contributed by atoms with Gasteiger partial charge < -0.3 is 9.99 Å². The SMILES string of the molecule is Cn1cnnc1SCc1cc([N+](=O)[O-])ccc1NN. The van der Waals surface area contributed by atoms with Crippen LogP contribution in [0.5, 0.6) is 0 Å². The lowest BCUT2D eigenvalue weighted by molar-refractivity contribution is -0.384. The normalized spacial score (nSPS) is 10.4. The number of nitrogens with zero attached hydrogens (tertiary/aromatic N) is 4. The molecule has 0 fully saturated rings. The predicted octanol–water partition coefficient (Wildman–Crippen LogP) is 1.30. The molecular formula is C10H12N6O2S. The number of anilines is 1. The molecule has 1 aromatic carbocycles. The summed E-state index contributed by atoms with van der Waals surface area (Å²) in [6, 6.07) is 4.49. The van der Waals surface area contributed by atoms with E-state index in [1.165, 1.54) is 23.9 Å². The number of aryl methyl sites for hydroxylation is 1. The fraction of sp³-hybridized carbons (Fsp3) is 0.200. The number of hydrogen-bond acceptors (Lipinski definition) is 7. The number of hydrazine groups is 1. The quantitative estimate of drug-likeness (QED) is 0.367. The van der Waals surface area contributed by atoms with Gasteiger partial charge in [-0.05, 0) is 11.6 Å². The highest BCUT2D eigenvalue weighted by Gasteiger charge is 2.11. The second-order valence-electron chi connectivity index (χ2n) is 3.76. The molecular weight excluding hydrogens is 268 g/mol. The molecule has 2 aromatic rings. The van der Waals surface area contributed by atoms with Crippen molar-refractivity contribution in [2.75, 3.05) is 5.43 Å². The summed E-state index contributed by atoms with van der Waals surface area (Å²) in [6.07, 6.45) is 1.60. The molecule has 3 N–H and O–H groups in total. The number of nitrogen functional groups attached to an aromatic ring is 1. The third kappa shape index (κ3) is 3.01. The van der Waals surface area contributed by atoms with E-state index in [1.807, 2.05) is 7.05 Å². The van der Waals surface area contributed by atoms with Crippen LogP contribution in [0.25, 0.3) is 0 Å². The Kier molecular flexibility index (Phi) is 3.97. The molecule has 1 heterocycles. The van der Waals surface area contributed by atoms with Crippen LogP contribution in [0.4, 0.5) is 11.4 Å². The summed E-state index contributed by atoms with van der Waals surface area (Å²) in [4.78, 5) is 10.3. The molecule has 0 saturated heterocycles. The van der Waals surface area contributed by atoms with Crippen molar-refractivity contribution >= 4 is 23.1 Å². The Morgan fingerprint density at radius 2 is 2.37 bits per heavy atom. The number of nitro groups is 1. The maximum Gasteiger partial charge on any atom is 0.269 e. The number of hydrogen-bond donors (Lipinski definition) is 2. The van der Waals surface area contributed by atoms with Crippen molar-refractivity contribution in [2.24, 2.45) is 12.9 Å². The molecule has 100 valence electrons. The first-order valence-corrected chi connectivity index (χ1v) is 6.31. The minimum absolute atomic E-state index is 0.0348. The number of nitrogens with two attached hydrogens (primary N) is 1. The Bertz CT molecular complexity index is 599. The van der Waals surface area contributed by atoms with Crippen LogP contribution in [0.15, 0.2) is 29.7 Å². The van der Waals surface area contributed by atoms with E-state index in [0.717, 1.165) is 10.7 Å². The maximum absolute atomic E-state index is 10.8. The van der Waals surface area contributed by atoms with Crippen molar-refractivity contribution in [3.05, 3.63) is 40.2 Å². The Hall–Kier alpha value is -2.13. The van der Waals surface area contributed by atoms with E-state index >= 15 is 0 Å². The molecule has 0 bridgehead atoms. The number of aromatic nitrogens is 3. The van der Waals surface area contributed by atoms with Crippen LogP contribution < -0.4 is 11.3 Å². The van der Waals surface area contributed by atoms with Crippen molar-refractivity contribution < 1.29 is 4.92 Å². The molecule has 0 amide bonds. The van der Waals surface area contributed by atoms with Crippen LogP contribution in [0.3, 0.4) is 0 Å². The van der Waals surface area contributed by atoms with E-state index in [9.17, 15) is 10.1 Å². The first kappa shape index (κ1) is 13.3. The average Bonchev–Trinajstić information content (AvgIpc) is 2.81. The largest absolute Gasteiger partial charge is 0.324 e. The number of nitrogens with one attached hydrogen (secondary N) is 1. The predicted molar refractivity (Wildman–Crippen MR) is 71.5 cm³/mol. The third-order valence-corrected chi connectivity index (χ3v) is 3.56. The van der Waals surface area contributed by atoms with Crippen molar-refractivity contribution in [1.29, 1.82) is 0 Å². The van der Waals surface area contributed by atoms with Gasteiger partial charge in [-0.15, -0.1) is 10.2 Å². The van der Waals surface area contributed by atoms with Gasteiger partial charge in [0, 0.05) is 24.9 Å². The third-order valence-electron chi connectivity index (χ3n) is 2.48. The molecule has 0 atom stereocenters. The lowest BCUT2D eigenvalue weighted by atomic mass is 10.2. The fourth-order valence-corrected chi connectivity index (χ4v) is 2.38. The molecule has 9 heteroatoms. The zero-order chi connectivity index (χ0) is 13.8. The maximum atomic E-state index is 10.8. The molecule has 0 saturated carbocycles. The molecule has 0 unspecified atom stereocenters. The molecule has 0 aliphatic rings. The molecule has 0 spiro atoms. The number of benzene rings is 1. The summed E-state index contributed by atoms with van der Waals surface area (Å²) in [7, 11) is 1.83. The summed E-state index contributed by atoms with van der Waals surface area (Å²) in [6.45, 7) is 0. The lowest BCUT2D eigenvalue weighted by Gasteiger charge is -2.08. The van der Waals surface area contributed by atoms with E-state index in [-0.39, 0.29) is 5.69 Å². The van der Waals surface area contributed by atoms with Gasteiger partial charge in [-0.2, -0.15) is 0 Å². The zero-order valence-corrected chi connectivity index (χ0v) is 10.9. The van der Waals surface area contributed by atoms with Crippen molar-refractivity contribution in [3.8, 4) is 0 Å². The number of nitro benzene ring substituents is 1. The van der Waals surface area contributed by atoms with Crippen molar-refractivity contribution in [2.45, 2.75) is 10.9 Å². The van der Waals surface area contributed by atoms with Crippen LogP contribution in [0.1, 0.15) is 5.56 Å². The highest BCUT2D eigenvalue weighted by Crippen LogP contribution is 2.27. The molecule has 19 heavy (non-hydrogen) atoms. The van der Waals surface area contributed by atoms with E-state index in [1.54, 1.807) is 17.0 Å². The molecule has 2 rings (SSSR count). The topological polar surface area (TPSA) is 112 Å². The molecule has 0 aliphatic carbocycles. The Labute approximate surface area is 113 Å². The summed E-state index contributed by atoms with van der Waals surface area (Å²) in [5.41, 5.74) is 3.96. The van der Waals surface area contributed by atoms with Crippen LogP contribution in [-0.2, 0) is 12.8 Å². The molecule has 1 aromatic heterocycles. The number of thioether (sulfide) groups is 1. The van der Waals surface area contributed by atoms with Crippen molar-refractivity contribution in [3.63, 3.8) is 0 Å². The fourth-order valence-electron chi connectivity index (χ4n) is 1.50. The van der Waals surface area contributed by atoms with E-state index < -0.39 is 4.92 Å². The van der Waals surface area contributed by atoms with Crippen LogP contribution >= 0.6 is 11.8 Å². The van der Waals surface area contributed by atoms with Gasteiger partial charge >= 0.3 is 0 Å². The van der Waals surface area contributed by atoms with E-state index in [2.05, 4.69) is 15.6 Å². The summed E-state index contributed by atoms with van der Waals surface area (Å²) >= 11 is 1.43. The smallest absolute Gasteiger partial charge is 0.269 e. The summed E-state index contributed by atoms with van der Waals surface area (Å²) in [5, 5.41) is 19.2. The van der Waals surface area contributed by atoms with E-state index in [4.69, 9.17) is 5.84 Å². The van der Waals surface area contributed by atoms with E-state index in [0.29, 0.717) is 11.4 Å². The molecule has 8 nitrogen and oxygen atoms in total. The highest BCUT2D eigenvalue weighted by molar-refractivity contribution is 7.98. The summed E-state index contributed by atoms with van der Waals surface area (Å²) in [5.74, 6) is 5.90. The second kappa shape index (κ2) is 5.67. The van der Waals surface area contributed by atoms with Gasteiger partial charge in [-0.1, -0.05) is 11.8 Å².